The maximum Gasteiger partial charge on any atom is 0.352 e. The van der Waals surface area contributed by atoms with Crippen LogP contribution >= 0.6 is 0 Å². The van der Waals surface area contributed by atoms with Crippen LogP contribution in [0.2, 0.25) is 0 Å². The van der Waals surface area contributed by atoms with Gasteiger partial charge < -0.3 is 19.9 Å². The number of nitrogens with two attached hydrogens (primary N) is 2. The number of hydrogen-bond donors (Lipinski definition) is 3. The SMILES string of the molecule is CCO/C=C(/C#N)C(=O)OCC.CCOC(=O)c1cnn(C2CCCCC2)c1N.NNC1CCCCC1. The summed E-state index contributed by atoms with van der Waals surface area (Å²) in [7, 11) is 0. The van der Waals surface area contributed by atoms with Crippen LogP contribution in [-0.4, -0.2) is 47.6 Å². The quantitative estimate of drug-likeness (QED) is 0.114. The number of anilines is 1. The molecule has 2 aliphatic rings. The van der Waals surface area contributed by atoms with Gasteiger partial charge in [0.15, 0.2) is 5.57 Å². The first-order valence-electron chi connectivity index (χ1n) is 13.3. The first kappa shape index (κ1) is 31.9. The zero-order valence-corrected chi connectivity index (χ0v) is 22.5. The lowest BCUT2D eigenvalue weighted by molar-refractivity contribution is -0.138. The van der Waals surface area contributed by atoms with E-state index in [0.29, 0.717) is 36.7 Å². The molecule has 37 heavy (non-hydrogen) atoms. The van der Waals surface area contributed by atoms with Crippen molar-refractivity contribution in [2.75, 3.05) is 25.6 Å². The number of hydrogen-bond acceptors (Lipinski definition) is 10. The van der Waals surface area contributed by atoms with Gasteiger partial charge >= 0.3 is 11.9 Å². The zero-order chi connectivity index (χ0) is 27.5. The number of carbonyl (C=O) groups excluding carboxylic acids is 2. The third-order valence-electron chi connectivity index (χ3n) is 6.07. The van der Waals surface area contributed by atoms with Crippen molar-refractivity contribution in [2.45, 2.75) is 97.1 Å². The Kier molecular flexibility index (Phi) is 16.5. The Hall–Kier alpha value is -3.10. The molecule has 1 aromatic heterocycles. The van der Waals surface area contributed by atoms with E-state index in [9.17, 15) is 9.59 Å². The fourth-order valence-electron chi connectivity index (χ4n) is 4.12. The highest BCUT2D eigenvalue weighted by Gasteiger charge is 2.22. The topological polar surface area (TPSA) is 168 Å². The van der Waals surface area contributed by atoms with E-state index < -0.39 is 5.97 Å². The standard InChI is InChI=1S/C12H19N3O2.C8H11NO3.C6H14N2/c1-2-17-12(16)10-8-14-15(11(10)13)9-6-4-3-5-7-9;1-3-11-6-7(5-9)8(10)12-4-2;7-8-6-4-2-1-3-5-6/h8-9H,2-7,13H2,1H3;6H,3-4H2,1-2H3;6,8H,1-5,7H2/b;7-6-;. The highest BCUT2D eigenvalue weighted by Crippen LogP contribution is 2.30. The Balaban J connectivity index is 0.000000299. The molecule has 0 amide bonds. The van der Waals surface area contributed by atoms with Gasteiger partial charge in [-0.25, -0.2) is 14.3 Å². The Bertz CT molecular complexity index is 867. The van der Waals surface area contributed by atoms with Crippen molar-refractivity contribution in [3.63, 3.8) is 0 Å². The number of aromatic nitrogens is 2. The summed E-state index contributed by atoms with van der Waals surface area (Å²) in [6.07, 6.45) is 15.2. The fraction of sp³-hybridized carbons (Fsp3) is 0.692. The van der Waals surface area contributed by atoms with Crippen LogP contribution in [0.5, 0.6) is 0 Å². The molecule has 11 nitrogen and oxygen atoms in total. The molecule has 5 N–H and O–H groups in total. The normalized spacial score (nSPS) is 16.2. The molecule has 0 spiro atoms. The van der Waals surface area contributed by atoms with Gasteiger partial charge in [0, 0.05) is 6.04 Å². The molecule has 0 saturated heterocycles. The smallest absolute Gasteiger partial charge is 0.352 e. The van der Waals surface area contributed by atoms with Crippen LogP contribution in [0.4, 0.5) is 5.82 Å². The predicted octanol–water partition coefficient (Wildman–Crippen LogP) is 3.92. The maximum atomic E-state index is 11.6. The van der Waals surface area contributed by atoms with E-state index in [1.807, 2.05) is 0 Å². The van der Waals surface area contributed by atoms with Crippen LogP contribution in [0, 0.1) is 11.3 Å². The molecule has 2 fully saturated rings. The van der Waals surface area contributed by atoms with E-state index in [1.165, 1.54) is 57.6 Å². The van der Waals surface area contributed by atoms with Crippen LogP contribution in [0.3, 0.4) is 0 Å². The van der Waals surface area contributed by atoms with Gasteiger partial charge in [-0.3, -0.25) is 11.3 Å². The fourth-order valence-corrected chi connectivity index (χ4v) is 4.12. The average molecular weight is 521 g/mol. The number of nitrogens with one attached hydrogen (secondary N) is 1. The number of hydrazine groups is 1. The Labute approximate surface area is 220 Å². The molecule has 208 valence electrons. The van der Waals surface area contributed by atoms with E-state index in [0.717, 1.165) is 19.1 Å². The molecule has 0 aromatic carbocycles. The summed E-state index contributed by atoms with van der Waals surface area (Å²) < 4.78 is 16.1. The minimum atomic E-state index is -0.645. The number of nitriles is 1. The molecule has 2 saturated carbocycles. The largest absolute Gasteiger partial charge is 0.500 e. The third kappa shape index (κ3) is 11.7. The highest BCUT2D eigenvalue weighted by atomic mass is 16.5. The van der Waals surface area contributed by atoms with E-state index in [2.05, 4.69) is 15.3 Å². The second-order valence-corrected chi connectivity index (χ2v) is 8.72. The lowest BCUT2D eigenvalue weighted by Crippen LogP contribution is -2.36. The van der Waals surface area contributed by atoms with Gasteiger partial charge in [0.1, 0.15) is 23.7 Å². The van der Waals surface area contributed by atoms with Gasteiger partial charge in [0.25, 0.3) is 0 Å². The molecule has 0 unspecified atom stereocenters. The van der Waals surface area contributed by atoms with Crippen molar-refractivity contribution in [1.29, 1.82) is 5.26 Å². The van der Waals surface area contributed by atoms with Crippen LogP contribution in [0.25, 0.3) is 0 Å². The van der Waals surface area contributed by atoms with E-state index in [4.69, 9.17) is 26.3 Å². The van der Waals surface area contributed by atoms with Gasteiger partial charge in [-0.1, -0.05) is 38.5 Å². The molecule has 11 heteroatoms. The third-order valence-corrected chi connectivity index (χ3v) is 6.07. The highest BCUT2D eigenvalue weighted by molar-refractivity contribution is 5.94. The van der Waals surface area contributed by atoms with Gasteiger partial charge in [-0.15, -0.1) is 0 Å². The van der Waals surface area contributed by atoms with Gasteiger partial charge in [0.2, 0.25) is 0 Å². The van der Waals surface area contributed by atoms with Gasteiger partial charge in [0.05, 0.1) is 32.1 Å². The molecular weight excluding hydrogens is 476 g/mol. The number of rotatable bonds is 8. The summed E-state index contributed by atoms with van der Waals surface area (Å²) in [5.74, 6) is 4.67. The molecule has 1 heterocycles. The van der Waals surface area contributed by atoms with Crippen molar-refractivity contribution in [1.82, 2.24) is 15.2 Å². The lowest BCUT2D eigenvalue weighted by Gasteiger charge is -2.22. The van der Waals surface area contributed by atoms with Crippen LogP contribution in [0.15, 0.2) is 18.0 Å². The molecule has 0 radical (unpaired) electrons. The van der Waals surface area contributed by atoms with E-state index in [1.54, 1.807) is 31.5 Å². The summed E-state index contributed by atoms with van der Waals surface area (Å²) in [6.45, 7) is 6.24. The van der Waals surface area contributed by atoms with E-state index in [-0.39, 0.29) is 18.1 Å². The first-order valence-corrected chi connectivity index (χ1v) is 13.3. The van der Waals surface area contributed by atoms with Gasteiger partial charge in [-0.05, 0) is 46.5 Å². The van der Waals surface area contributed by atoms with Crippen LogP contribution < -0.4 is 17.0 Å². The van der Waals surface area contributed by atoms with Gasteiger partial charge in [-0.2, -0.15) is 10.4 Å². The first-order chi connectivity index (χ1) is 17.9. The second-order valence-electron chi connectivity index (χ2n) is 8.72. The zero-order valence-electron chi connectivity index (χ0n) is 22.5. The monoisotopic (exact) mass is 520 g/mol. The lowest BCUT2D eigenvalue weighted by atomic mass is 9.96. The van der Waals surface area contributed by atoms with Crippen LogP contribution in [0.1, 0.15) is 101 Å². The number of ether oxygens (including phenoxy) is 3. The number of carbonyl (C=O) groups is 2. The summed E-state index contributed by atoms with van der Waals surface area (Å²) in [6, 6.07) is 2.64. The summed E-state index contributed by atoms with van der Waals surface area (Å²) in [5, 5.41) is 12.7. The summed E-state index contributed by atoms with van der Waals surface area (Å²) in [5.41, 5.74) is 9.04. The number of nitrogen functional groups attached to an aromatic ring is 1. The Morgan fingerprint density at radius 2 is 1.65 bits per heavy atom. The van der Waals surface area contributed by atoms with Crippen molar-refractivity contribution < 1.29 is 23.8 Å². The van der Waals surface area contributed by atoms with Crippen molar-refractivity contribution in [3.05, 3.63) is 23.6 Å². The predicted molar refractivity (Wildman–Crippen MR) is 141 cm³/mol. The minimum absolute atomic E-state index is 0.112. The van der Waals surface area contributed by atoms with Crippen LogP contribution in [-0.2, 0) is 19.0 Å². The Morgan fingerprint density at radius 3 is 2.14 bits per heavy atom. The summed E-state index contributed by atoms with van der Waals surface area (Å²) in [4.78, 5) is 22.5. The maximum absolute atomic E-state index is 11.6. The van der Waals surface area contributed by atoms with Crippen molar-refractivity contribution in [3.8, 4) is 6.07 Å². The number of nitrogens with zero attached hydrogens (tertiary/aromatic N) is 3. The van der Waals surface area contributed by atoms with Crippen molar-refractivity contribution in [2.24, 2.45) is 5.84 Å². The molecule has 0 atom stereocenters. The molecule has 0 bridgehead atoms. The summed E-state index contributed by atoms with van der Waals surface area (Å²) >= 11 is 0. The van der Waals surface area contributed by atoms with E-state index >= 15 is 0 Å². The number of esters is 2. The molecular formula is C26H44N6O5. The molecule has 3 rings (SSSR count). The minimum Gasteiger partial charge on any atom is -0.500 e. The average Bonchev–Trinajstić information content (AvgIpc) is 3.32. The molecule has 1 aromatic rings. The van der Waals surface area contributed by atoms with Crippen molar-refractivity contribution >= 4 is 17.8 Å². The molecule has 2 aliphatic carbocycles. The Morgan fingerprint density at radius 1 is 1.05 bits per heavy atom. The second kappa shape index (κ2) is 19.1. The molecule has 0 aliphatic heterocycles.